The average Bonchev–Trinajstić information content (AvgIpc) is 3.39. The van der Waals surface area contributed by atoms with Crippen LogP contribution < -0.4 is 4.57 Å². The summed E-state index contributed by atoms with van der Waals surface area (Å²) in [4.78, 5) is 0. The number of unbranched alkanes of at least 4 members (excludes halogenated alkanes) is 10. The van der Waals surface area contributed by atoms with Crippen LogP contribution in [0.15, 0.2) is 79.4 Å². The van der Waals surface area contributed by atoms with Crippen LogP contribution in [0.2, 0.25) is 0 Å². The second kappa shape index (κ2) is 16.5. The van der Waals surface area contributed by atoms with Crippen LogP contribution in [-0.2, 0) is 18.4 Å². The highest BCUT2D eigenvalue weighted by molar-refractivity contribution is 5.30. The predicted octanol–water partition coefficient (Wildman–Crippen LogP) is 9.63. The van der Waals surface area contributed by atoms with Gasteiger partial charge in [-0.2, -0.15) is 0 Å². The fourth-order valence-electron chi connectivity index (χ4n) is 5.97. The zero-order chi connectivity index (χ0) is 26.2. The molecule has 0 amide bonds. The van der Waals surface area contributed by atoms with E-state index in [0.29, 0.717) is 6.04 Å². The van der Waals surface area contributed by atoms with Gasteiger partial charge in [0.15, 0.2) is 0 Å². The van der Waals surface area contributed by atoms with Crippen LogP contribution in [0, 0.1) is 0 Å². The number of hydrogen-bond acceptors (Lipinski definition) is 0. The zero-order valence-corrected chi connectivity index (χ0v) is 24.1. The topological polar surface area (TPSA) is 8.81 Å². The molecule has 1 heterocycles. The van der Waals surface area contributed by atoms with Gasteiger partial charge in [-0.25, -0.2) is 9.13 Å². The van der Waals surface area contributed by atoms with E-state index >= 15 is 0 Å². The maximum absolute atomic E-state index is 2.55. The maximum Gasteiger partial charge on any atom is 0.244 e. The molecule has 0 radical (unpaired) electrons. The molecule has 37 heavy (non-hydrogen) atoms. The van der Waals surface area contributed by atoms with Crippen molar-refractivity contribution in [2.75, 3.05) is 0 Å². The van der Waals surface area contributed by atoms with Gasteiger partial charge in [-0.3, -0.25) is 0 Å². The van der Waals surface area contributed by atoms with Crippen LogP contribution in [0.1, 0.15) is 121 Å². The Hall–Kier alpha value is -2.35. The molecule has 0 aliphatic carbocycles. The van der Waals surface area contributed by atoms with Gasteiger partial charge in [0.25, 0.3) is 0 Å². The van der Waals surface area contributed by atoms with E-state index in [1.165, 1.54) is 94.6 Å². The average molecular weight is 502 g/mol. The fourth-order valence-corrected chi connectivity index (χ4v) is 5.97. The smallest absolute Gasteiger partial charge is 0.237 e. The van der Waals surface area contributed by atoms with Crippen molar-refractivity contribution in [2.45, 2.75) is 129 Å². The summed E-state index contributed by atoms with van der Waals surface area (Å²) < 4.78 is 4.98. The Bertz CT molecular complexity index is 961. The molecule has 0 N–H and O–H groups in total. The summed E-state index contributed by atoms with van der Waals surface area (Å²) in [7, 11) is 0. The van der Waals surface area contributed by atoms with E-state index in [1.54, 1.807) is 0 Å². The molecule has 2 heteroatoms. The second-order valence-electron chi connectivity index (χ2n) is 11.4. The van der Waals surface area contributed by atoms with Crippen LogP contribution in [0.25, 0.3) is 0 Å². The second-order valence-corrected chi connectivity index (χ2v) is 11.4. The van der Waals surface area contributed by atoms with Crippen LogP contribution in [0.5, 0.6) is 0 Å². The first kappa shape index (κ1) is 29.2. The summed E-state index contributed by atoms with van der Waals surface area (Å²) in [5.74, 6) is 0. The van der Waals surface area contributed by atoms with Gasteiger partial charge < -0.3 is 0 Å². The van der Waals surface area contributed by atoms with Crippen LogP contribution in [0.3, 0.4) is 0 Å². The van der Waals surface area contributed by atoms with Crippen molar-refractivity contribution < 1.29 is 4.57 Å². The molecule has 1 aromatic heterocycles. The Kier molecular flexibility index (Phi) is 13.0. The fraction of sp³-hybridized carbons (Fsp3) is 0.571. The minimum atomic E-state index is 0.0167. The first-order chi connectivity index (χ1) is 18.2. The summed E-state index contributed by atoms with van der Waals surface area (Å²) in [5.41, 5.74) is 2.89. The van der Waals surface area contributed by atoms with Gasteiger partial charge in [0.1, 0.15) is 18.4 Å². The number of aromatic nitrogens is 2. The molecule has 0 saturated heterocycles. The van der Waals surface area contributed by atoms with Crippen molar-refractivity contribution in [3.8, 4) is 0 Å². The Labute approximate surface area is 228 Å². The molecule has 2 nitrogen and oxygen atoms in total. The molecule has 3 rings (SSSR count). The minimum absolute atomic E-state index is 0.0167. The molecule has 2 atom stereocenters. The highest BCUT2D eigenvalue weighted by Gasteiger charge is 2.40. The lowest BCUT2D eigenvalue weighted by atomic mass is 9.70. The SMILES string of the molecule is CCCCCCCCCC(n1cc[n+](CCCCCCC)c1)C(C)(Cc1ccccc1)c1ccccc1. The molecule has 0 fully saturated rings. The third-order valence-corrected chi connectivity index (χ3v) is 8.26. The van der Waals surface area contributed by atoms with Crippen molar-refractivity contribution in [1.29, 1.82) is 0 Å². The van der Waals surface area contributed by atoms with E-state index < -0.39 is 0 Å². The molecule has 2 unspecified atom stereocenters. The summed E-state index contributed by atoms with van der Waals surface area (Å²) in [6, 6.07) is 22.8. The monoisotopic (exact) mass is 501 g/mol. The Balaban J connectivity index is 1.81. The van der Waals surface area contributed by atoms with E-state index in [2.05, 4.69) is 109 Å². The number of rotatable bonds is 19. The van der Waals surface area contributed by atoms with E-state index in [0.717, 1.165) is 13.0 Å². The summed E-state index contributed by atoms with van der Waals surface area (Å²) in [5, 5.41) is 0. The number of hydrogen-bond donors (Lipinski definition) is 0. The number of nitrogens with zero attached hydrogens (tertiary/aromatic N) is 2. The molecule has 202 valence electrons. The maximum atomic E-state index is 2.55. The summed E-state index contributed by atoms with van der Waals surface area (Å²) in [6.07, 6.45) is 25.5. The quantitative estimate of drug-likeness (QED) is 0.114. The molecule has 2 aromatic carbocycles. The molecular weight excluding hydrogens is 448 g/mol. The molecule has 3 aromatic rings. The molecule has 0 bridgehead atoms. The van der Waals surface area contributed by atoms with Crippen LogP contribution >= 0.6 is 0 Å². The molecule has 0 aliphatic rings. The predicted molar refractivity (Wildman–Crippen MR) is 159 cm³/mol. The van der Waals surface area contributed by atoms with Crippen molar-refractivity contribution in [3.05, 3.63) is 90.5 Å². The molecular formula is C35H53N2+. The van der Waals surface area contributed by atoms with Gasteiger partial charge in [-0.15, -0.1) is 0 Å². The van der Waals surface area contributed by atoms with Crippen LogP contribution in [-0.4, -0.2) is 4.57 Å². The van der Waals surface area contributed by atoms with Gasteiger partial charge in [-0.1, -0.05) is 139 Å². The van der Waals surface area contributed by atoms with Crippen molar-refractivity contribution in [3.63, 3.8) is 0 Å². The highest BCUT2D eigenvalue weighted by atomic mass is 15.1. The van der Waals surface area contributed by atoms with E-state index in [-0.39, 0.29) is 5.41 Å². The van der Waals surface area contributed by atoms with Gasteiger partial charge in [0, 0.05) is 5.41 Å². The largest absolute Gasteiger partial charge is 0.244 e. The highest BCUT2D eigenvalue weighted by Crippen LogP contribution is 2.41. The van der Waals surface area contributed by atoms with Gasteiger partial charge >= 0.3 is 0 Å². The lowest BCUT2D eigenvalue weighted by Crippen LogP contribution is -2.38. The Morgan fingerprint density at radius 2 is 1.27 bits per heavy atom. The molecule has 0 aliphatic heterocycles. The number of imidazole rings is 1. The van der Waals surface area contributed by atoms with E-state index in [9.17, 15) is 0 Å². The number of benzene rings is 2. The van der Waals surface area contributed by atoms with Gasteiger partial charge in [0.2, 0.25) is 6.33 Å². The zero-order valence-electron chi connectivity index (χ0n) is 24.1. The first-order valence-corrected chi connectivity index (χ1v) is 15.3. The Morgan fingerprint density at radius 3 is 1.92 bits per heavy atom. The first-order valence-electron chi connectivity index (χ1n) is 15.3. The van der Waals surface area contributed by atoms with Crippen molar-refractivity contribution >= 4 is 0 Å². The van der Waals surface area contributed by atoms with Gasteiger partial charge in [0.05, 0.1) is 6.54 Å². The third kappa shape index (κ3) is 9.47. The van der Waals surface area contributed by atoms with Crippen LogP contribution in [0.4, 0.5) is 0 Å². The molecule has 0 spiro atoms. The third-order valence-electron chi connectivity index (χ3n) is 8.26. The van der Waals surface area contributed by atoms with Crippen molar-refractivity contribution in [2.24, 2.45) is 0 Å². The number of aryl methyl sites for hydroxylation is 1. The lowest BCUT2D eigenvalue weighted by Gasteiger charge is -2.37. The Morgan fingerprint density at radius 1 is 0.703 bits per heavy atom. The van der Waals surface area contributed by atoms with E-state index in [4.69, 9.17) is 0 Å². The summed E-state index contributed by atoms with van der Waals surface area (Å²) >= 11 is 0. The van der Waals surface area contributed by atoms with E-state index in [1.807, 2.05) is 0 Å². The lowest BCUT2D eigenvalue weighted by molar-refractivity contribution is -0.697. The van der Waals surface area contributed by atoms with Gasteiger partial charge in [-0.05, 0) is 43.2 Å². The minimum Gasteiger partial charge on any atom is -0.237 e. The normalized spacial score (nSPS) is 13.9. The van der Waals surface area contributed by atoms with Crippen molar-refractivity contribution in [1.82, 2.24) is 4.57 Å². The molecule has 0 saturated carbocycles. The standard InChI is InChI=1S/C35H53N2/c1-4-6-8-10-11-12-20-26-34(37-29-28-36(31-37)27-21-13-9-7-5-2)35(3,33-24-18-15-19-25-33)30-32-22-16-14-17-23-32/h14-19,22-25,28-29,31,34H,4-13,20-21,26-27,30H2,1-3H3/q+1. The summed E-state index contributed by atoms with van der Waals surface area (Å²) in [6.45, 7) is 8.23.